The number of fused-ring (bicyclic) bond motifs is 1. The molecule has 2 heterocycles. The highest BCUT2D eigenvalue weighted by atomic mass is 35.5. The Hall–Kier alpha value is -2.83. The predicted octanol–water partition coefficient (Wildman–Crippen LogP) is 5.12. The number of hydrogen-bond donors (Lipinski definition) is 1. The zero-order valence-electron chi connectivity index (χ0n) is 14.5. The van der Waals surface area contributed by atoms with Crippen LogP contribution >= 0.6 is 22.9 Å². The number of ether oxygens (including phenoxy) is 1. The summed E-state index contributed by atoms with van der Waals surface area (Å²) in [6, 6.07) is 16.8. The van der Waals surface area contributed by atoms with Crippen LogP contribution in [0.25, 0.3) is 11.0 Å². The van der Waals surface area contributed by atoms with E-state index in [0.717, 1.165) is 16.6 Å². The molecule has 0 saturated heterocycles. The van der Waals surface area contributed by atoms with E-state index in [9.17, 15) is 4.79 Å². The van der Waals surface area contributed by atoms with Crippen molar-refractivity contribution in [1.29, 1.82) is 0 Å². The minimum absolute atomic E-state index is 0.188. The van der Waals surface area contributed by atoms with Crippen LogP contribution in [0.3, 0.4) is 0 Å². The number of nitrogens with one attached hydrogen (secondary N) is 1. The summed E-state index contributed by atoms with van der Waals surface area (Å²) in [6.45, 7) is 0.371. The lowest BCUT2D eigenvalue weighted by molar-refractivity contribution is 0.102. The molecule has 136 valence electrons. The van der Waals surface area contributed by atoms with Crippen molar-refractivity contribution in [2.24, 2.45) is 7.05 Å². The fourth-order valence-corrected chi connectivity index (χ4v) is 3.69. The van der Waals surface area contributed by atoms with Crippen LogP contribution in [0.1, 0.15) is 15.2 Å². The Morgan fingerprint density at radius 3 is 2.89 bits per heavy atom. The number of aromatic nitrogens is 2. The molecule has 7 heteroatoms. The molecule has 5 nitrogen and oxygen atoms in total. The number of nitrogens with zero attached hydrogens (tertiary/aromatic N) is 2. The number of benzene rings is 2. The third-order valence-corrected chi connectivity index (χ3v) is 5.30. The van der Waals surface area contributed by atoms with E-state index in [4.69, 9.17) is 16.3 Å². The fraction of sp³-hybridized carbons (Fsp3) is 0.100. The summed E-state index contributed by atoms with van der Waals surface area (Å²) in [7, 11) is 1.88. The van der Waals surface area contributed by atoms with Crippen molar-refractivity contribution in [3.63, 3.8) is 0 Å². The van der Waals surface area contributed by atoms with Gasteiger partial charge < -0.3 is 9.30 Å². The number of carbonyl (C=O) groups excluding carboxylic acids is 1. The molecule has 1 amide bonds. The Kier molecular flexibility index (Phi) is 4.83. The molecular weight excluding hydrogens is 382 g/mol. The summed E-state index contributed by atoms with van der Waals surface area (Å²) in [4.78, 5) is 17.6. The van der Waals surface area contributed by atoms with Gasteiger partial charge in [-0.2, -0.15) is 0 Å². The van der Waals surface area contributed by atoms with Gasteiger partial charge in [0.1, 0.15) is 12.4 Å². The van der Waals surface area contributed by atoms with Crippen molar-refractivity contribution in [2.75, 3.05) is 5.32 Å². The second kappa shape index (κ2) is 7.42. The van der Waals surface area contributed by atoms with Gasteiger partial charge in [-0.15, -0.1) is 11.3 Å². The van der Waals surface area contributed by atoms with Gasteiger partial charge in [0.2, 0.25) is 5.95 Å². The van der Waals surface area contributed by atoms with Crippen LogP contribution in [0.4, 0.5) is 5.95 Å². The molecular formula is C20H16ClN3O2S. The smallest absolute Gasteiger partial charge is 0.268 e. The van der Waals surface area contributed by atoms with Crippen LogP contribution in [0.2, 0.25) is 5.02 Å². The van der Waals surface area contributed by atoms with Crippen LogP contribution in [-0.4, -0.2) is 15.5 Å². The maximum Gasteiger partial charge on any atom is 0.268 e. The predicted molar refractivity (Wildman–Crippen MR) is 109 cm³/mol. The van der Waals surface area contributed by atoms with E-state index < -0.39 is 0 Å². The average molecular weight is 398 g/mol. The molecule has 4 rings (SSSR count). The van der Waals surface area contributed by atoms with Crippen LogP contribution in [-0.2, 0) is 13.7 Å². The molecule has 0 radical (unpaired) electrons. The number of anilines is 1. The van der Waals surface area contributed by atoms with Crippen LogP contribution < -0.4 is 10.1 Å². The zero-order chi connectivity index (χ0) is 18.8. The number of hydrogen-bond acceptors (Lipinski definition) is 4. The topological polar surface area (TPSA) is 56.2 Å². The van der Waals surface area contributed by atoms with Crippen molar-refractivity contribution in [2.45, 2.75) is 6.61 Å². The number of carbonyl (C=O) groups is 1. The van der Waals surface area contributed by atoms with Gasteiger partial charge in [-0.1, -0.05) is 29.8 Å². The molecule has 0 fully saturated rings. The van der Waals surface area contributed by atoms with Gasteiger partial charge in [0, 0.05) is 17.6 Å². The number of imidazole rings is 1. The van der Waals surface area contributed by atoms with E-state index in [-0.39, 0.29) is 5.91 Å². The first-order chi connectivity index (χ1) is 13.1. The lowest BCUT2D eigenvalue weighted by Crippen LogP contribution is -2.13. The molecule has 0 spiro atoms. The van der Waals surface area contributed by atoms with E-state index in [1.807, 2.05) is 59.5 Å². The first kappa shape index (κ1) is 17.6. The molecule has 0 aliphatic carbocycles. The summed E-state index contributed by atoms with van der Waals surface area (Å²) >= 11 is 7.33. The van der Waals surface area contributed by atoms with E-state index in [1.165, 1.54) is 11.3 Å². The third kappa shape index (κ3) is 3.82. The van der Waals surface area contributed by atoms with Crippen molar-refractivity contribution < 1.29 is 9.53 Å². The summed E-state index contributed by atoms with van der Waals surface area (Å²) in [5, 5.41) is 5.41. The van der Waals surface area contributed by atoms with Crippen molar-refractivity contribution >= 4 is 45.8 Å². The lowest BCUT2D eigenvalue weighted by Gasteiger charge is -2.05. The van der Waals surface area contributed by atoms with Gasteiger partial charge in [0.05, 0.1) is 15.9 Å². The standard InChI is InChI=1S/C20H16ClN3O2S/c1-24-17-8-3-2-7-16(17)22-20(24)23-19(25)18-9-13(12-27-18)11-26-15-6-4-5-14(21)10-15/h2-10,12H,11H2,1H3,(H,22,23,25). The Bertz CT molecular complexity index is 1120. The number of para-hydroxylation sites is 2. The van der Waals surface area contributed by atoms with Crippen LogP contribution in [0.15, 0.2) is 60.0 Å². The van der Waals surface area contributed by atoms with Crippen molar-refractivity contribution in [3.8, 4) is 5.75 Å². The molecule has 0 aliphatic rings. The van der Waals surface area contributed by atoms with Gasteiger partial charge >= 0.3 is 0 Å². The Morgan fingerprint density at radius 2 is 2.07 bits per heavy atom. The summed E-state index contributed by atoms with van der Waals surface area (Å²) < 4.78 is 7.58. The highest BCUT2D eigenvalue weighted by molar-refractivity contribution is 7.12. The van der Waals surface area contributed by atoms with E-state index >= 15 is 0 Å². The molecule has 0 atom stereocenters. The van der Waals surface area contributed by atoms with Crippen molar-refractivity contribution in [3.05, 3.63) is 75.4 Å². The monoisotopic (exact) mass is 397 g/mol. The van der Waals surface area contributed by atoms with E-state index in [0.29, 0.717) is 28.2 Å². The molecule has 2 aromatic heterocycles. The van der Waals surface area contributed by atoms with E-state index in [2.05, 4.69) is 10.3 Å². The van der Waals surface area contributed by atoms with E-state index in [1.54, 1.807) is 12.1 Å². The molecule has 0 bridgehead atoms. The number of aryl methyl sites for hydroxylation is 1. The van der Waals surface area contributed by atoms with Gasteiger partial charge in [0.25, 0.3) is 5.91 Å². The third-order valence-electron chi connectivity index (χ3n) is 4.09. The summed E-state index contributed by atoms with van der Waals surface area (Å²) in [6.07, 6.45) is 0. The highest BCUT2D eigenvalue weighted by Crippen LogP contribution is 2.22. The average Bonchev–Trinajstić information content (AvgIpc) is 3.26. The normalized spacial score (nSPS) is 10.9. The number of rotatable bonds is 5. The highest BCUT2D eigenvalue weighted by Gasteiger charge is 2.14. The Labute approximate surface area is 165 Å². The summed E-state index contributed by atoms with van der Waals surface area (Å²) in [5.41, 5.74) is 2.74. The van der Waals surface area contributed by atoms with Gasteiger partial charge in [0.15, 0.2) is 0 Å². The minimum atomic E-state index is -0.188. The first-order valence-electron chi connectivity index (χ1n) is 8.29. The largest absolute Gasteiger partial charge is 0.489 e. The molecule has 0 saturated carbocycles. The van der Waals surface area contributed by atoms with Crippen LogP contribution in [0, 0.1) is 0 Å². The number of thiophene rings is 1. The Balaban J connectivity index is 1.44. The molecule has 1 N–H and O–H groups in total. The molecule has 0 aliphatic heterocycles. The molecule has 27 heavy (non-hydrogen) atoms. The molecule has 2 aromatic carbocycles. The maximum atomic E-state index is 12.6. The fourth-order valence-electron chi connectivity index (χ4n) is 2.71. The Morgan fingerprint density at radius 1 is 1.22 bits per heavy atom. The van der Waals surface area contributed by atoms with Gasteiger partial charge in [-0.3, -0.25) is 10.1 Å². The van der Waals surface area contributed by atoms with Gasteiger partial charge in [-0.25, -0.2) is 4.98 Å². The van der Waals surface area contributed by atoms with Crippen LogP contribution in [0.5, 0.6) is 5.75 Å². The zero-order valence-corrected chi connectivity index (χ0v) is 16.1. The summed E-state index contributed by atoms with van der Waals surface area (Å²) in [5.74, 6) is 1.03. The quantitative estimate of drug-likeness (QED) is 0.508. The molecule has 0 unspecified atom stereocenters. The van der Waals surface area contributed by atoms with Crippen molar-refractivity contribution in [1.82, 2.24) is 9.55 Å². The number of amides is 1. The second-order valence-corrected chi connectivity index (χ2v) is 7.35. The number of halogens is 1. The lowest BCUT2D eigenvalue weighted by atomic mass is 10.3. The maximum absolute atomic E-state index is 12.6. The first-order valence-corrected chi connectivity index (χ1v) is 9.54. The minimum Gasteiger partial charge on any atom is -0.489 e. The second-order valence-electron chi connectivity index (χ2n) is 6.00. The van der Waals surface area contributed by atoms with Gasteiger partial charge in [-0.05, 0) is 41.8 Å². The SMILES string of the molecule is Cn1c(NC(=O)c2cc(COc3cccc(Cl)c3)cs2)nc2ccccc21. The molecule has 4 aromatic rings.